The Bertz CT molecular complexity index is 1090. The number of benzene rings is 1. The molecule has 0 fully saturated rings. The van der Waals surface area contributed by atoms with Crippen molar-refractivity contribution in [1.29, 1.82) is 0 Å². The molecule has 0 atom stereocenters. The first kappa shape index (κ1) is 18.1. The van der Waals surface area contributed by atoms with Crippen LogP contribution in [0.2, 0.25) is 0 Å². The number of rotatable bonds is 2. The number of hydrogen-bond acceptors (Lipinski definition) is 3. The Balaban J connectivity index is 1.70. The van der Waals surface area contributed by atoms with E-state index in [4.69, 9.17) is 0 Å². The van der Waals surface area contributed by atoms with E-state index in [1.165, 1.54) is 18.5 Å². The summed E-state index contributed by atoms with van der Waals surface area (Å²) in [6.07, 6.45) is 4.00. The second-order valence-electron chi connectivity index (χ2n) is 6.87. The van der Waals surface area contributed by atoms with E-state index in [0.29, 0.717) is 36.2 Å². The average molecular weight is 383 g/mol. The molecule has 8 heteroatoms. The van der Waals surface area contributed by atoms with Crippen molar-refractivity contribution in [3.63, 3.8) is 0 Å². The second-order valence-corrected chi connectivity index (χ2v) is 6.87. The average Bonchev–Trinajstić information content (AvgIpc) is 3.14. The van der Waals surface area contributed by atoms with E-state index in [0.717, 1.165) is 17.3 Å². The number of carbonyl (C=O) groups excluding carboxylic acids is 1. The van der Waals surface area contributed by atoms with Crippen LogP contribution in [0.3, 0.4) is 0 Å². The highest BCUT2D eigenvalue weighted by Gasteiger charge is 2.21. The summed E-state index contributed by atoms with van der Waals surface area (Å²) in [5.41, 5.74) is 2.87. The number of carbonyl (C=O) groups is 1. The van der Waals surface area contributed by atoms with Crippen LogP contribution >= 0.6 is 0 Å². The third-order valence-electron chi connectivity index (χ3n) is 4.84. The standard InChI is InChI=1S/C20H19F2N5O/c1-26(2)20(28)27-8-6-12(7-9-27)16-10-14-18(23-11-24-19(14)25-16)13-4-3-5-15(21)17(13)22/h3-6,10-11H,7-9H2,1-2H3,(H,23,24,25). The van der Waals surface area contributed by atoms with Crippen LogP contribution in [0.25, 0.3) is 27.9 Å². The number of nitrogens with zero attached hydrogens (tertiary/aromatic N) is 4. The lowest BCUT2D eigenvalue weighted by Gasteiger charge is -2.28. The molecule has 3 heterocycles. The molecule has 0 aliphatic carbocycles. The second kappa shape index (κ2) is 7.03. The largest absolute Gasteiger partial charge is 0.339 e. The molecule has 1 aliphatic rings. The van der Waals surface area contributed by atoms with Gasteiger partial charge in [0.1, 0.15) is 12.0 Å². The number of aromatic nitrogens is 3. The first-order valence-corrected chi connectivity index (χ1v) is 8.89. The highest BCUT2D eigenvalue weighted by atomic mass is 19.2. The van der Waals surface area contributed by atoms with Gasteiger partial charge in [0.15, 0.2) is 11.6 Å². The Morgan fingerprint density at radius 1 is 1.25 bits per heavy atom. The van der Waals surface area contributed by atoms with Crippen molar-refractivity contribution in [3.8, 4) is 11.3 Å². The molecule has 1 aromatic carbocycles. The molecule has 0 saturated carbocycles. The fourth-order valence-corrected chi connectivity index (χ4v) is 3.38. The smallest absolute Gasteiger partial charge is 0.319 e. The number of fused-ring (bicyclic) bond motifs is 1. The van der Waals surface area contributed by atoms with Crippen molar-refractivity contribution >= 4 is 22.6 Å². The van der Waals surface area contributed by atoms with E-state index >= 15 is 0 Å². The van der Waals surface area contributed by atoms with Gasteiger partial charge in [-0.3, -0.25) is 0 Å². The van der Waals surface area contributed by atoms with Crippen LogP contribution in [0.15, 0.2) is 36.7 Å². The first-order valence-electron chi connectivity index (χ1n) is 8.89. The van der Waals surface area contributed by atoms with E-state index in [1.807, 2.05) is 12.1 Å². The number of amides is 2. The summed E-state index contributed by atoms with van der Waals surface area (Å²) in [6, 6.07) is 5.85. The van der Waals surface area contributed by atoms with Gasteiger partial charge in [-0.2, -0.15) is 0 Å². The summed E-state index contributed by atoms with van der Waals surface area (Å²) < 4.78 is 27.9. The quantitative estimate of drug-likeness (QED) is 0.734. The van der Waals surface area contributed by atoms with Gasteiger partial charge in [0.25, 0.3) is 0 Å². The maximum Gasteiger partial charge on any atom is 0.319 e. The van der Waals surface area contributed by atoms with Gasteiger partial charge in [0.05, 0.1) is 5.69 Å². The molecule has 0 bridgehead atoms. The highest BCUT2D eigenvalue weighted by Crippen LogP contribution is 2.31. The lowest BCUT2D eigenvalue weighted by Crippen LogP contribution is -2.41. The predicted octanol–water partition coefficient (Wildman–Crippen LogP) is 3.67. The fourth-order valence-electron chi connectivity index (χ4n) is 3.38. The molecule has 0 spiro atoms. The molecule has 144 valence electrons. The van der Waals surface area contributed by atoms with Crippen molar-refractivity contribution in [3.05, 3.63) is 54.0 Å². The van der Waals surface area contributed by atoms with E-state index in [2.05, 4.69) is 15.0 Å². The number of halogens is 2. The lowest BCUT2D eigenvalue weighted by molar-refractivity contribution is 0.176. The normalized spacial score (nSPS) is 14.3. The Kier molecular flexibility index (Phi) is 4.54. The van der Waals surface area contributed by atoms with E-state index in [1.54, 1.807) is 23.9 Å². The minimum absolute atomic E-state index is 0.0262. The predicted molar refractivity (Wildman–Crippen MR) is 102 cm³/mol. The molecule has 6 nitrogen and oxygen atoms in total. The Hall–Kier alpha value is -3.29. The van der Waals surface area contributed by atoms with Gasteiger partial charge in [0, 0.05) is 43.8 Å². The minimum atomic E-state index is -0.931. The monoisotopic (exact) mass is 383 g/mol. The number of urea groups is 1. The summed E-state index contributed by atoms with van der Waals surface area (Å²) in [7, 11) is 3.45. The van der Waals surface area contributed by atoms with E-state index < -0.39 is 11.6 Å². The lowest BCUT2D eigenvalue weighted by atomic mass is 10.0. The Morgan fingerprint density at radius 2 is 2.07 bits per heavy atom. The number of H-pyrrole nitrogens is 1. The van der Waals surface area contributed by atoms with Crippen molar-refractivity contribution < 1.29 is 13.6 Å². The highest BCUT2D eigenvalue weighted by molar-refractivity contribution is 5.93. The van der Waals surface area contributed by atoms with Gasteiger partial charge in [-0.15, -0.1) is 0 Å². The summed E-state index contributed by atoms with van der Waals surface area (Å²) in [5, 5.41) is 0.620. The molecular formula is C20H19F2N5O. The number of aromatic amines is 1. The molecule has 1 N–H and O–H groups in total. The van der Waals surface area contributed by atoms with Crippen LogP contribution in [-0.2, 0) is 0 Å². The van der Waals surface area contributed by atoms with Crippen LogP contribution in [0.1, 0.15) is 12.1 Å². The molecule has 0 radical (unpaired) electrons. The van der Waals surface area contributed by atoms with Crippen molar-refractivity contribution in [2.24, 2.45) is 0 Å². The molecule has 4 rings (SSSR count). The third kappa shape index (κ3) is 3.11. The zero-order valence-corrected chi connectivity index (χ0v) is 15.5. The van der Waals surface area contributed by atoms with Crippen molar-refractivity contribution in [2.45, 2.75) is 6.42 Å². The topological polar surface area (TPSA) is 65.1 Å². The van der Waals surface area contributed by atoms with E-state index in [9.17, 15) is 13.6 Å². The van der Waals surface area contributed by atoms with Gasteiger partial charge in [-0.05, 0) is 30.2 Å². The molecule has 3 aromatic rings. The van der Waals surface area contributed by atoms with Gasteiger partial charge in [-0.1, -0.05) is 12.1 Å². The van der Waals surface area contributed by atoms with Crippen LogP contribution in [-0.4, -0.2) is 58.0 Å². The Morgan fingerprint density at radius 3 is 2.79 bits per heavy atom. The summed E-state index contributed by atoms with van der Waals surface area (Å²) >= 11 is 0. The van der Waals surface area contributed by atoms with Gasteiger partial charge >= 0.3 is 6.03 Å². The first-order chi connectivity index (χ1) is 13.5. The summed E-state index contributed by atoms with van der Waals surface area (Å²) in [6.45, 7) is 1.12. The zero-order valence-electron chi connectivity index (χ0n) is 15.5. The zero-order chi connectivity index (χ0) is 19.8. The van der Waals surface area contributed by atoms with Crippen molar-refractivity contribution in [1.82, 2.24) is 24.8 Å². The maximum atomic E-state index is 14.3. The van der Waals surface area contributed by atoms with Gasteiger partial charge in [0.2, 0.25) is 0 Å². The maximum absolute atomic E-state index is 14.3. The molecule has 0 saturated heterocycles. The molecule has 1 aliphatic heterocycles. The van der Waals surface area contributed by atoms with Crippen LogP contribution < -0.4 is 0 Å². The minimum Gasteiger partial charge on any atom is -0.339 e. The number of nitrogens with one attached hydrogen (secondary N) is 1. The molecule has 2 aromatic heterocycles. The van der Waals surface area contributed by atoms with Crippen molar-refractivity contribution in [2.75, 3.05) is 27.2 Å². The SMILES string of the molecule is CN(C)C(=O)N1CC=C(c2cc3c(-c4cccc(F)c4F)ncnc3[nH]2)CC1. The van der Waals surface area contributed by atoms with Crippen LogP contribution in [0.5, 0.6) is 0 Å². The summed E-state index contributed by atoms with van der Waals surface area (Å²) in [5.74, 6) is -1.85. The molecule has 2 amide bonds. The van der Waals surface area contributed by atoms with Crippen LogP contribution in [0.4, 0.5) is 13.6 Å². The number of hydrogen-bond donors (Lipinski definition) is 1. The van der Waals surface area contributed by atoms with Gasteiger partial charge in [-0.25, -0.2) is 23.5 Å². The summed E-state index contributed by atoms with van der Waals surface area (Å²) in [4.78, 5) is 27.0. The molecule has 28 heavy (non-hydrogen) atoms. The molecular weight excluding hydrogens is 364 g/mol. The van der Waals surface area contributed by atoms with E-state index in [-0.39, 0.29) is 11.6 Å². The molecule has 0 unspecified atom stereocenters. The Labute approximate surface area is 160 Å². The van der Waals surface area contributed by atoms with Crippen LogP contribution in [0, 0.1) is 11.6 Å². The third-order valence-corrected chi connectivity index (χ3v) is 4.84. The van der Waals surface area contributed by atoms with Gasteiger partial charge < -0.3 is 14.8 Å². The fraction of sp³-hybridized carbons (Fsp3) is 0.250.